The molecule has 108 valence electrons. The predicted octanol–water partition coefficient (Wildman–Crippen LogP) is 2.38. The number of halogens is 3. The summed E-state index contributed by atoms with van der Waals surface area (Å²) in [6, 6.07) is 7.61. The number of hydrogen-bond acceptors (Lipinski definition) is 3. The Labute approximate surface area is 112 Å². The molecule has 5 nitrogen and oxygen atoms in total. The molecule has 0 aliphatic carbocycles. The summed E-state index contributed by atoms with van der Waals surface area (Å²) in [6.07, 6.45) is -3.23. The Bertz CT molecular complexity index is 664. The molecule has 2 N–H and O–H groups in total. The van der Waals surface area contributed by atoms with Crippen LogP contribution >= 0.6 is 0 Å². The van der Waals surface area contributed by atoms with Crippen molar-refractivity contribution in [2.24, 2.45) is 0 Å². The van der Waals surface area contributed by atoms with Gasteiger partial charge in [0, 0.05) is 11.9 Å². The molecule has 0 atom stereocenters. The van der Waals surface area contributed by atoms with E-state index >= 15 is 0 Å². The molecule has 9 heteroatoms. The maximum absolute atomic E-state index is 12.1. The summed E-state index contributed by atoms with van der Waals surface area (Å²) in [5, 5.41) is 6.47. The fourth-order valence-corrected chi connectivity index (χ4v) is 2.56. The van der Waals surface area contributed by atoms with Crippen LogP contribution in [0.5, 0.6) is 0 Å². The molecule has 1 heterocycles. The topological polar surface area (TPSA) is 74.8 Å². The van der Waals surface area contributed by atoms with Gasteiger partial charge >= 0.3 is 6.18 Å². The number of hydrogen-bond donors (Lipinski definition) is 2. The van der Waals surface area contributed by atoms with Crippen LogP contribution in [0, 0.1) is 0 Å². The van der Waals surface area contributed by atoms with Crippen LogP contribution < -0.4 is 4.72 Å². The summed E-state index contributed by atoms with van der Waals surface area (Å²) in [5.74, 6) is -1.91. The minimum atomic E-state index is -4.78. The minimum absolute atomic E-state index is 0.0671. The SMILES string of the molecule is O=S(=O)(CC(F)(F)F)Nc1ccc(-c2ccn[nH]2)cc1. The number of sulfonamides is 1. The van der Waals surface area contributed by atoms with Gasteiger partial charge in [-0.3, -0.25) is 9.82 Å². The van der Waals surface area contributed by atoms with Crippen LogP contribution in [0.3, 0.4) is 0 Å². The van der Waals surface area contributed by atoms with Gasteiger partial charge in [-0.1, -0.05) is 12.1 Å². The summed E-state index contributed by atoms with van der Waals surface area (Å²) >= 11 is 0. The van der Waals surface area contributed by atoms with Gasteiger partial charge in [-0.05, 0) is 23.8 Å². The zero-order valence-corrected chi connectivity index (χ0v) is 10.8. The van der Waals surface area contributed by atoms with E-state index in [-0.39, 0.29) is 5.69 Å². The summed E-state index contributed by atoms with van der Waals surface area (Å²) in [6.45, 7) is 0. The highest BCUT2D eigenvalue weighted by molar-refractivity contribution is 7.92. The molecule has 20 heavy (non-hydrogen) atoms. The number of benzene rings is 1. The number of H-pyrrole nitrogens is 1. The fourth-order valence-electron chi connectivity index (χ4n) is 1.57. The first-order valence-electron chi connectivity index (χ1n) is 5.42. The molecule has 0 amide bonds. The van der Waals surface area contributed by atoms with Gasteiger partial charge in [0.2, 0.25) is 10.0 Å². The molecule has 0 aliphatic heterocycles. The van der Waals surface area contributed by atoms with E-state index in [1.54, 1.807) is 24.4 Å². The van der Waals surface area contributed by atoms with Crippen molar-refractivity contribution >= 4 is 15.7 Å². The first-order chi connectivity index (χ1) is 9.25. The first kappa shape index (κ1) is 14.4. The molecule has 0 fully saturated rings. The average Bonchev–Trinajstić information content (AvgIpc) is 2.79. The van der Waals surface area contributed by atoms with Gasteiger partial charge in [0.1, 0.15) is 0 Å². The average molecular weight is 305 g/mol. The van der Waals surface area contributed by atoms with Crippen LogP contribution in [0.25, 0.3) is 11.3 Å². The van der Waals surface area contributed by atoms with E-state index in [0.717, 1.165) is 11.3 Å². The van der Waals surface area contributed by atoms with Gasteiger partial charge in [0.25, 0.3) is 0 Å². The van der Waals surface area contributed by atoms with Gasteiger partial charge in [0.15, 0.2) is 5.75 Å². The van der Waals surface area contributed by atoms with E-state index in [1.165, 1.54) is 12.1 Å². The molecular formula is C11H10F3N3O2S. The molecule has 2 rings (SSSR count). The summed E-state index contributed by atoms with van der Waals surface area (Å²) in [4.78, 5) is 0. The number of rotatable bonds is 4. The molecule has 0 saturated carbocycles. The second-order valence-electron chi connectivity index (χ2n) is 4.02. The van der Waals surface area contributed by atoms with Crippen LogP contribution in [-0.2, 0) is 10.0 Å². The highest BCUT2D eigenvalue weighted by Crippen LogP contribution is 2.22. The second-order valence-corrected chi connectivity index (χ2v) is 5.75. The number of nitrogens with one attached hydrogen (secondary N) is 2. The lowest BCUT2D eigenvalue weighted by molar-refractivity contribution is -0.106. The number of aromatic amines is 1. The van der Waals surface area contributed by atoms with Crippen LogP contribution in [-0.4, -0.2) is 30.5 Å². The van der Waals surface area contributed by atoms with Crippen molar-refractivity contribution in [2.75, 3.05) is 10.5 Å². The van der Waals surface area contributed by atoms with Crippen LogP contribution in [0.15, 0.2) is 36.5 Å². The van der Waals surface area contributed by atoms with Gasteiger partial charge in [0.05, 0.1) is 5.69 Å². The lowest BCUT2D eigenvalue weighted by Crippen LogP contribution is -2.27. The number of anilines is 1. The minimum Gasteiger partial charge on any atom is -0.283 e. The molecule has 2 aromatic rings. The first-order valence-corrected chi connectivity index (χ1v) is 7.07. The largest absolute Gasteiger partial charge is 0.404 e. The Balaban J connectivity index is 2.12. The summed E-state index contributed by atoms with van der Waals surface area (Å²) < 4.78 is 60.7. The maximum atomic E-state index is 12.1. The Morgan fingerprint density at radius 1 is 1.15 bits per heavy atom. The summed E-state index contributed by atoms with van der Waals surface area (Å²) in [5.41, 5.74) is 1.52. The monoisotopic (exact) mass is 305 g/mol. The zero-order chi connectivity index (χ0) is 14.8. The smallest absolute Gasteiger partial charge is 0.283 e. The second kappa shape index (κ2) is 5.16. The normalized spacial score (nSPS) is 12.3. The molecule has 0 radical (unpaired) electrons. The Hall–Kier alpha value is -2.03. The molecule has 1 aromatic heterocycles. The van der Waals surface area contributed by atoms with Crippen LogP contribution in [0.2, 0.25) is 0 Å². The molecular weight excluding hydrogens is 295 g/mol. The van der Waals surface area contributed by atoms with Crippen molar-refractivity contribution in [2.45, 2.75) is 6.18 Å². The van der Waals surface area contributed by atoms with Crippen molar-refractivity contribution in [3.63, 3.8) is 0 Å². The standard InChI is InChI=1S/C11H10F3N3O2S/c12-11(13,14)7-20(18,19)17-9-3-1-8(2-4-9)10-5-6-15-16-10/h1-6,17H,7H2,(H,15,16). The third-order valence-electron chi connectivity index (χ3n) is 2.32. The van der Waals surface area contributed by atoms with Crippen molar-refractivity contribution in [1.82, 2.24) is 10.2 Å². The van der Waals surface area contributed by atoms with Gasteiger partial charge in [-0.25, -0.2) is 8.42 Å². The number of nitrogens with zero attached hydrogens (tertiary/aromatic N) is 1. The van der Waals surface area contributed by atoms with E-state index < -0.39 is 22.0 Å². The highest BCUT2D eigenvalue weighted by Gasteiger charge is 2.35. The molecule has 0 spiro atoms. The van der Waals surface area contributed by atoms with Crippen molar-refractivity contribution in [3.8, 4) is 11.3 Å². The van der Waals surface area contributed by atoms with E-state index in [2.05, 4.69) is 10.2 Å². The van der Waals surface area contributed by atoms with E-state index in [1.807, 2.05) is 4.72 Å². The van der Waals surface area contributed by atoms with E-state index in [0.29, 0.717) is 0 Å². The van der Waals surface area contributed by atoms with E-state index in [9.17, 15) is 21.6 Å². The molecule has 0 saturated heterocycles. The van der Waals surface area contributed by atoms with Gasteiger partial charge in [-0.15, -0.1) is 0 Å². The van der Waals surface area contributed by atoms with Gasteiger partial charge < -0.3 is 0 Å². The lowest BCUT2D eigenvalue weighted by Gasteiger charge is -2.10. The zero-order valence-electron chi connectivity index (χ0n) is 9.98. The Morgan fingerprint density at radius 3 is 2.30 bits per heavy atom. The third kappa shape index (κ3) is 3.98. The van der Waals surface area contributed by atoms with E-state index in [4.69, 9.17) is 0 Å². The number of alkyl halides is 3. The molecule has 0 unspecified atom stereocenters. The molecule has 1 aromatic carbocycles. The van der Waals surface area contributed by atoms with Crippen LogP contribution in [0.1, 0.15) is 0 Å². The Morgan fingerprint density at radius 2 is 1.80 bits per heavy atom. The predicted molar refractivity (Wildman–Crippen MR) is 67.5 cm³/mol. The lowest BCUT2D eigenvalue weighted by atomic mass is 10.1. The maximum Gasteiger partial charge on any atom is 0.404 e. The summed E-state index contributed by atoms with van der Waals surface area (Å²) in [7, 11) is -4.45. The number of aromatic nitrogens is 2. The van der Waals surface area contributed by atoms with Crippen molar-refractivity contribution in [1.29, 1.82) is 0 Å². The van der Waals surface area contributed by atoms with Gasteiger partial charge in [-0.2, -0.15) is 18.3 Å². The third-order valence-corrected chi connectivity index (χ3v) is 3.58. The van der Waals surface area contributed by atoms with Crippen molar-refractivity contribution < 1.29 is 21.6 Å². The molecule has 0 aliphatic rings. The Kier molecular flexibility index (Phi) is 3.71. The quantitative estimate of drug-likeness (QED) is 0.910. The van der Waals surface area contributed by atoms with Crippen molar-refractivity contribution in [3.05, 3.63) is 36.5 Å². The highest BCUT2D eigenvalue weighted by atomic mass is 32.2. The van der Waals surface area contributed by atoms with Crippen LogP contribution in [0.4, 0.5) is 18.9 Å². The fraction of sp³-hybridized carbons (Fsp3) is 0.182. The molecule has 0 bridgehead atoms.